The van der Waals surface area contributed by atoms with E-state index >= 15 is 0 Å². The third kappa shape index (κ3) is 7.33. The number of alkyl halides is 3. The lowest BCUT2D eigenvalue weighted by atomic mass is 10.1. The summed E-state index contributed by atoms with van der Waals surface area (Å²) in [5.74, 6) is 0.956. The van der Waals surface area contributed by atoms with Crippen LogP contribution in [-0.4, -0.2) is 23.8 Å². The zero-order valence-corrected chi connectivity index (χ0v) is 10.4. The Kier molecular flexibility index (Phi) is 5.91. The van der Waals surface area contributed by atoms with Crippen LogP contribution in [0.1, 0.15) is 19.1 Å². The van der Waals surface area contributed by atoms with Crippen molar-refractivity contribution in [2.24, 2.45) is 0 Å². The smallest absolute Gasteiger partial charge is 0.441 e. The van der Waals surface area contributed by atoms with Crippen LogP contribution in [0.2, 0.25) is 0 Å². The van der Waals surface area contributed by atoms with Gasteiger partial charge in [0.2, 0.25) is 0 Å². The molecule has 0 saturated heterocycles. The molecule has 0 spiro atoms. The molecule has 1 aromatic rings. The average molecular weight is 267 g/mol. The van der Waals surface area contributed by atoms with E-state index in [1.54, 1.807) is 6.26 Å². The first-order valence-electron chi connectivity index (χ1n) is 5.44. The fourth-order valence-electron chi connectivity index (χ4n) is 1.39. The van der Waals surface area contributed by atoms with Gasteiger partial charge in [-0.05, 0) is 37.2 Å². The maximum absolute atomic E-state index is 11.8. The summed E-state index contributed by atoms with van der Waals surface area (Å²) in [5, 5.41) is 3.06. The van der Waals surface area contributed by atoms with Gasteiger partial charge in [0.25, 0.3) is 0 Å². The molecule has 1 rings (SSSR count). The molecule has 98 valence electrons. The van der Waals surface area contributed by atoms with Crippen molar-refractivity contribution in [2.45, 2.75) is 31.3 Å². The Morgan fingerprint density at radius 1 is 1.47 bits per heavy atom. The molecule has 0 fully saturated rings. The molecule has 1 unspecified atom stereocenters. The number of thioether (sulfide) groups is 1. The quantitative estimate of drug-likeness (QED) is 0.766. The lowest BCUT2D eigenvalue weighted by molar-refractivity contribution is -0.0327. The van der Waals surface area contributed by atoms with Crippen LogP contribution < -0.4 is 5.32 Å². The predicted octanol–water partition coefficient (Wildman–Crippen LogP) is 3.44. The van der Waals surface area contributed by atoms with Crippen LogP contribution in [0, 0.1) is 0 Å². The summed E-state index contributed by atoms with van der Waals surface area (Å²) >= 11 is 0.0104. The molecule has 6 heteroatoms. The minimum atomic E-state index is -4.13. The standard InChI is InChI=1S/C11H16F3NOS/c1-9(4-5-10-3-2-7-16-10)15-6-8-17-11(12,13)14/h2-3,7,9,15H,4-6,8H2,1H3. The van der Waals surface area contributed by atoms with E-state index in [0.717, 1.165) is 18.6 Å². The topological polar surface area (TPSA) is 25.2 Å². The predicted molar refractivity (Wildman–Crippen MR) is 63.0 cm³/mol. The Balaban J connectivity index is 2.03. The summed E-state index contributed by atoms with van der Waals surface area (Å²) in [6.45, 7) is 2.32. The molecular weight excluding hydrogens is 251 g/mol. The number of hydrogen-bond acceptors (Lipinski definition) is 3. The third-order valence-corrected chi connectivity index (χ3v) is 3.00. The first kappa shape index (κ1) is 14.4. The zero-order valence-electron chi connectivity index (χ0n) is 9.59. The van der Waals surface area contributed by atoms with E-state index in [1.165, 1.54) is 0 Å². The summed E-state index contributed by atoms with van der Waals surface area (Å²) < 4.78 is 40.7. The molecule has 0 amide bonds. The SMILES string of the molecule is CC(CCc1ccco1)NCCSC(F)(F)F. The van der Waals surface area contributed by atoms with Gasteiger partial charge in [-0.1, -0.05) is 0 Å². The molecule has 1 aromatic heterocycles. The molecule has 1 atom stereocenters. The number of aryl methyl sites for hydroxylation is 1. The molecule has 2 nitrogen and oxygen atoms in total. The second-order valence-corrected chi connectivity index (χ2v) is 4.93. The van der Waals surface area contributed by atoms with E-state index < -0.39 is 5.51 Å². The largest absolute Gasteiger partial charge is 0.469 e. The molecular formula is C11H16F3NOS. The van der Waals surface area contributed by atoms with E-state index in [-0.39, 0.29) is 23.6 Å². The fraction of sp³-hybridized carbons (Fsp3) is 0.636. The number of nitrogens with one attached hydrogen (secondary N) is 1. The molecule has 1 N–H and O–H groups in total. The van der Waals surface area contributed by atoms with Crippen LogP contribution in [0.25, 0.3) is 0 Å². The van der Waals surface area contributed by atoms with E-state index in [9.17, 15) is 13.2 Å². The van der Waals surface area contributed by atoms with Crippen molar-refractivity contribution in [3.8, 4) is 0 Å². The highest BCUT2D eigenvalue weighted by molar-refractivity contribution is 8.00. The molecule has 0 aliphatic carbocycles. The Morgan fingerprint density at radius 3 is 2.82 bits per heavy atom. The lowest BCUT2D eigenvalue weighted by Gasteiger charge is -2.13. The summed E-state index contributed by atoms with van der Waals surface area (Å²) in [5.41, 5.74) is -4.13. The van der Waals surface area contributed by atoms with Crippen LogP contribution in [0.3, 0.4) is 0 Å². The van der Waals surface area contributed by atoms with Crippen LogP contribution in [-0.2, 0) is 6.42 Å². The van der Waals surface area contributed by atoms with Crippen LogP contribution in [0.4, 0.5) is 13.2 Å². The Hall–Kier alpha value is -0.620. The maximum atomic E-state index is 11.8. The molecule has 0 bridgehead atoms. The van der Waals surface area contributed by atoms with Crippen molar-refractivity contribution in [3.05, 3.63) is 24.2 Å². The van der Waals surface area contributed by atoms with Gasteiger partial charge in [-0.25, -0.2) is 0 Å². The van der Waals surface area contributed by atoms with Crippen LogP contribution >= 0.6 is 11.8 Å². The Bertz CT molecular complexity index is 300. The highest BCUT2D eigenvalue weighted by atomic mass is 32.2. The fourth-order valence-corrected chi connectivity index (χ4v) is 1.84. The zero-order chi connectivity index (χ0) is 12.7. The normalized spacial score (nSPS) is 13.9. The maximum Gasteiger partial charge on any atom is 0.441 e. The van der Waals surface area contributed by atoms with Gasteiger partial charge in [0, 0.05) is 24.8 Å². The van der Waals surface area contributed by atoms with Crippen LogP contribution in [0.15, 0.2) is 22.8 Å². The van der Waals surface area contributed by atoms with Crippen molar-refractivity contribution in [1.29, 1.82) is 0 Å². The Labute approximate surface area is 103 Å². The van der Waals surface area contributed by atoms with Gasteiger partial charge in [-0.15, -0.1) is 0 Å². The molecule has 0 saturated carbocycles. The highest BCUT2D eigenvalue weighted by Crippen LogP contribution is 2.29. The monoisotopic (exact) mass is 267 g/mol. The highest BCUT2D eigenvalue weighted by Gasteiger charge is 2.27. The van der Waals surface area contributed by atoms with Crippen LogP contribution in [0.5, 0.6) is 0 Å². The number of halogens is 3. The van der Waals surface area contributed by atoms with E-state index in [1.807, 2.05) is 19.1 Å². The van der Waals surface area contributed by atoms with Gasteiger partial charge in [-0.3, -0.25) is 0 Å². The minimum Gasteiger partial charge on any atom is -0.469 e. The summed E-state index contributed by atoms with van der Waals surface area (Å²) in [6.07, 6.45) is 3.27. The van der Waals surface area contributed by atoms with Gasteiger partial charge in [-0.2, -0.15) is 13.2 Å². The molecule has 1 heterocycles. The van der Waals surface area contributed by atoms with E-state index in [2.05, 4.69) is 5.32 Å². The number of rotatable bonds is 7. The minimum absolute atomic E-state index is 0.0104. The van der Waals surface area contributed by atoms with Gasteiger partial charge in [0.05, 0.1) is 6.26 Å². The third-order valence-electron chi connectivity index (χ3n) is 2.26. The molecule has 0 radical (unpaired) electrons. The van der Waals surface area contributed by atoms with Crippen molar-refractivity contribution in [2.75, 3.05) is 12.3 Å². The summed E-state index contributed by atoms with van der Waals surface area (Å²) in [7, 11) is 0. The number of hydrogen-bond donors (Lipinski definition) is 1. The average Bonchev–Trinajstić information content (AvgIpc) is 2.73. The molecule has 0 aliphatic heterocycles. The van der Waals surface area contributed by atoms with Gasteiger partial charge >= 0.3 is 5.51 Å². The second kappa shape index (κ2) is 6.96. The van der Waals surface area contributed by atoms with Crippen molar-refractivity contribution >= 4 is 11.8 Å². The van der Waals surface area contributed by atoms with Gasteiger partial charge < -0.3 is 9.73 Å². The summed E-state index contributed by atoms with van der Waals surface area (Å²) in [6, 6.07) is 3.91. The summed E-state index contributed by atoms with van der Waals surface area (Å²) in [4.78, 5) is 0. The van der Waals surface area contributed by atoms with Crippen molar-refractivity contribution < 1.29 is 17.6 Å². The Morgan fingerprint density at radius 2 is 2.24 bits per heavy atom. The first-order valence-corrected chi connectivity index (χ1v) is 6.42. The van der Waals surface area contributed by atoms with Crippen molar-refractivity contribution in [1.82, 2.24) is 5.32 Å². The van der Waals surface area contributed by atoms with Crippen molar-refractivity contribution in [3.63, 3.8) is 0 Å². The van der Waals surface area contributed by atoms with Gasteiger partial charge in [0.15, 0.2) is 0 Å². The van der Waals surface area contributed by atoms with Gasteiger partial charge in [0.1, 0.15) is 5.76 Å². The molecule has 17 heavy (non-hydrogen) atoms. The second-order valence-electron chi connectivity index (χ2n) is 3.77. The van der Waals surface area contributed by atoms with E-state index in [0.29, 0.717) is 6.54 Å². The lowest BCUT2D eigenvalue weighted by Crippen LogP contribution is -2.29. The molecule has 0 aliphatic rings. The first-order chi connectivity index (χ1) is 7.97. The van der Waals surface area contributed by atoms with E-state index in [4.69, 9.17) is 4.42 Å². The molecule has 0 aromatic carbocycles. The number of furan rings is 1.